The van der Waals surface area contributed by atoms with E-state index in [1.54, 1.807) is 17.8 Å². The van der Waals surface area contributed by atoms with Crippen molar-refractivity contribution in [1.29, 1.82) is 0 Å². The summed E-state index contributed by atoms with van der Waals surface area (Å²) in [5.74, 6) is 6.52. The van der Waals surface area contributed by atoms with Crippen LogP contribution >= 0.6 is 0 Å². The largest absolute Gasteiger partial charge is 0.0648 e. The molecule has 0 unspecified atom stereocenters. The molecule has 0 aromatic heterocycles. The van der Waals surface area contributed by atoms with Gasteiger partial charge < -0.3 is 0 Å². The van der Waals surface area contributed by atoms with Gasteiger partial charge in [0, 0.05) is 0 Å². The molecule has 0 saturated heterocycles. The summed E-state index contributed by atoms with van der Waals surface area (Å²) in [6.45, 7) is 4.54. The van der Waals surface area contributed by atoms with Crippen molar-refractivity contribution in [2.45, 2.75) is 46.0 Å². The van der Waals surface area contributed by atoms with Crippen molar-refractivity contribution >= 4 is 0 Å². The molecular formula is C12H17. The summed E-state index contributed by atoms with van der Waals surface area (Å²) in [6, 6.07) is 0. The third kappa shape index (κ3) is 1.30. The fraction of sp³-hybridized carbons (Fsp3) is 0.583. The molecule has 5 radical (unpaired) electrons. The SMILES string of the molecule is CC[C]1[C](C)[CH][C]2CCCC[C]21. The van der Waals surface area contributed by atoms with Gasteiger partial charge in [-0.3, -0.25) is 0 Å². The highest BCUT2D eigenvalue weighted by atomic mass is 14.5. The molecule has 0 heterocycles. The van der Waals surface area contributed by atoms with Crippen LogP contribution in [0.2, 0.25) is 0 Å². The molecule has 2 fully saturated rings. The Hall–Kier alpha value is 0. The van der Waals surface area contributed by atoms with E-state index in [0.29, 0.717) is 0 Å². The van der Waals surface area contributed by atoms with Crippen LogP contribution in [0.3, 0.4) is 0 Å². The lowest BCUT2D eigenvalue weighted by molar-refractivity contribution is 0.584. The maximum Gasteiger partial charge on any atom is -0.00969 e. The molecule has 0 nitrogen and oxygen atoms in total. The van der Waals surface area contributed by atoms with Crippen molar-refractivity contribution in [3.8, 4) is 0 Å². The minimum Gasteiger partial charge on any atom is -0.0648 e. The van der Waals surface area contributed by atoms with E-state index < -0.39 is 0 Å². The van der Waals surface area contributed by atoms with Crippen LogP contribution in [0.15, 0.2) is 0 Å². The number of fused-ring (bicyclic) bond motifs is 1. The van der Waals surface area contributed by atoms with Gasteiger partial charge in [-0.25, -0.2) is 0 Å². The van der Waals surface area contributed by atoms with Gasteiger partial charge >= 0.3 is 0 Å². The molecule has 65 valence electrons. The highest BCUT2D eigenvalue weighted by Gasteiger charge is 2.42. The normalized spacial score (nSPS) is 29.5. The van der Waals surface area contributed by atoms with E-state index in [2.05, 4.69) is 20.3 Å². The molecule has 2 aliphatic rings. The first-order valence-electron chi connectivity index (χ1n) is 5.10. The minimum atomic E-state index is 1.22. The third-order valence-electron chi connectivity index (χ3n) is 3.10. The van der Waals surface area contributed by atoms with Gasteiger partial charge in [0.25, 0.3) is 0 Å². The predicted octanol–water partition coefficient (Wildman–Crippen LogP) is 3.51. The summed E-state index contributed by atoms with van der Waals surface area (Å²) < 4.78 is 0. The zero-order valence-corrected chi connectivity index (χ0v) is 8.11. The van der Waals surface area contributed by atoms with E-state index in [9.17, 15) is 0 Å². The molecular weight excluding hydrogens is 144 g/mol. The first kappa shape index (κ1) is 8.59. The Morgan fingerprint density at radius 1 is 1.25 bits per heavy atom. The molecule has 0 spiro atoms. The lowest BCUT2D eigenvalue weighted by atomic mass is 9.77. The van der Waals surface area contributed by atoms with Crippen LogP contribution in [0.5, 0.6) is 0 Å². The zero-order valence-electron chi connectivity index (χ0n) is 8.11. The van der Waals surface area contributed by atoms with E-state index in [-0.39, 0.29) is 0 Å². The summed E-state index contributed by atoms with van der Waals surface area (Å²) >= 11 is 0. The van der Waals surface area contributed by atoms with Gasteiger partial charge in [-0.05, 0) is 49.4 Å². The monoisotopic (exact) mass is 161 g/mol. The molecule has 2 rings (SSSR count). The van der Waals surface area contributed by atoms with Crippen LogP contribution in [-0.4, -0.2) is 0 Å². The third-order valence-corrected chi connectivity index (χ3v) is 3.10. The van der Waals surface area contributed by atoms with E-state index in [4.69, 9.17) is 0 Å². The average Bonchev–Trinajstić information content (AvgIpc) is 2.40. The Bertz CT molecular complexity index is 150. The second-order valence-electron chi connectivity index (χ2n) is 3.87. The Kier molecular flexibility index (Phi) is 2.43. The Morgan fingerprint density at radius 3 is 2.75 bits per heavy atom. The van der Waals surface area contributed by atoms with E-state index in [1.165, 1.54) is 38.0 Å². The molecule has 12 heavy (non-hydrogen) atoms. The summed E-state index contributed by atoms with van der Waals surface area (Å²) in [5.41, 5.74) is 0. The average molecular weight is 161 g/mol. The van der Waals surface area contributed by atoms with E-state index in [0.717, 1.165) is 0 Å². The molecule has 2 aliphatic carbocycles. The number of hydrogen-bond acceptors (Lipinski definition) is 0. The summed E-state index contributed by atoms with van der Waals surface area (Å²) in [7, 11) is 0. The summed E-state index contributed by atoms with van der Waals surface area (Å²) in [5, 5.41) is 0. The van der Waals surface area contributed by atoms with Gasteiger partial charge in [-0.15, -0.1) is 0 Å². The van der Waals surface area contributed by atoms with Gasteiger partial charge in [-0.2, -0.15) is 0 Å². The highest BCUT2D eigenvalue weighted by Crippen LogP contribution is 2.54. The second-order valence-corrected chi connectivity index (χ2v) is 3.87. The molecule has 0 N–H and O–H groups in total. The van der Waals surface area contributed by atoms with Crippen molar-refractivity contribution < 1.29 is 0 Å². The molecule has 0 aromatic carbocycles. The Morgan fingerprint density at radius 2 is 2.00 bits per heavy atom. The van der Waals surface area contributed by atoms with Gasteiger partial charge in [0.15, 0.2) is 0 Å². The van der Waals surface area contributed by atoms with E-state index in [1.807, 2.05) is 0 Å². The predicted molar refractivity (Wildman–Crippen MR) is 51.7 cm³/mol. The van der Waals surface area contributed by atoms with Crippen molar-refractivity contribution in [2.24, 2.45) is 0 Å². The summed E-state index contributed by atoms with van der Waals surface area (Å²) in [6.07, 6.45) is 9.11. The maximum absolute atomic E-state index is 2.41. The molecule has 0 heteroatoms. The highest BCUT2D eigenvalue weighted by molar-refractivity contribution is 5.55. The lowest BCUT2D eigenvalue weighted by Gasteiger charge is -2.27. The van der Waals surface area contributed by atoms with Crippen LogP contribution in [-0.2, 0) is 0 Å². The topological polar surface area (TPSA) is 0 Å². The standard InChI is InChI=1S/C12H17/c1-3-11-9(2)8-10-6-4-5-7-12(10)11/h8H,3-7H2,1-2H3. The van der Waals surface area contributed by atoms with Crippen molar-refractivity contribution in [3.05, 3.63) is 30.1 Å². The number of hydrogen-bond donors (Lipinski definition) is 0. The van der Waals surface area contributed by atoms with Gasteiger partial charge in [0.05, 0.1) is 0 Å². The summed E-state index contributed by atoms with van der Waals surface area (Å²) in [4.78, 5) is 0. The first-order chi connectivity index (χ1) is 5.83. The Balaban J connectivity index is 2.05. The maximum atomic E-state index is 2.41. The molecule has 0 atom stereocenters. The molecule has 0 aromatic rings. The quantitative estimate of drug-likeness (QED) is 0.552. The van der Waals surface area contributed by atoms with Gasteiger partial charge in [0.2, 0.25) is 0 Å². The first-order valence-corrected chi connectivity index (χ1v) is 5.10. The van der Waals surface area contributed by atoms with Crippen LogP contribution in [0.25, 0.3) is 0 Å². The molecule has 0 aliphatic heterocycles. The zero-order chi connectivity index (χ0) is 8.55. The lowest BCUT2D eigenvalue weighted by Crippen LogP contribution is -2.14. The number of rotatable bonds is 1. The molecule has 0 bridgehead atoms. The Labute approximate surface area is 76.7 Å². The van der Waals surface area contributed by atoms with Crippen LogP contribution < -0.4 is 0 Å². The van der Waals surface area contributed by atoms with Crippen molar-refractivity contribution in [3.63, 3.8) is 0 Å². The fourth-order valence-corrected chi connectivity index (χ4v) is 2.51. The second kappa shape index (κ2) is 3.40. The van der Waals surface area contributed by atoms with Gasteiger partial charge in [0.1, 0.15) is 0 Å². The van der Waals surface area contributed by atoms with Crippen LogP contribution in [0.1, 0.15) is 46.0 Å². The van der Waals surface area contributed by atoms with Crippen LogP contribution in [0.4, 0.5) is 0 Å². The fourth-order valence-electron chi connectivity index (χ4n) is 2.51. The minimum absolute atomic E-state index is 1.22. The van der Waals surface area contributed by atoms with E-state index >= 15 is 0 Å². The van der Waals surface area contributed by atoms with Crippen molar-refractivity contribution in [2.75, 3.05) is 0 Å². The van der Waals surface area contributed by atoms with Crippen LogP contribution in [0, 0.1) is 30.1 Å². The van der Waals surface area contributed by atoms with Crippen molar-refractivity contribution in [1.82, 2.24) is 0 Å². The smallest absolute Gasteiger partial charge is 0.00969 e. The molecule has 2 saturated carbocycles. The molecule has 0 amide bonds. The van der Waals surface area contributed by atoms with Gasteiger partial charge in [-0.1, -0.05) is 26.7 Å².